The van der Waals surface area contributed by atoms with Crippen LogP contribution in [0.15, 0.2) is 60.7 Å². The number of hydrogen-bond acceptors (Lipinski definition) is 3. The van der Waals surface area contributed by atoms with Crippen LogP contribution in [0.3, 0.4) is 0 Å². The molecule has 0 radical (unpaired) electrons. The monoisotopic (exact) mass is 352 g/mol. The molecule has 0 aliphatic carbocycles. The Hall–Kier alpha value is -2.66. The van der Waals surface area contributed by atoms with Gasteiger partial charge >= 0.3 is 0 Å². The minimum absolute atomic E-state index is 0.00460. The molecule has 2 amide bonds. The van der Waals surface area contributed by atoms with Crippen molar-refractivity contribution < 1.29 is 14.3 Å². The highest BCUT2D eigenvalue weighted by molar-refractivity contribution is 5.94. The van der Waals surface area contributed by atoms with Gasteiger partial charge in [0.2, 0.25) is 0 Å². The first-order valence-corrected chi connectivity index (χ1v) is 8.89. The number of amides is 2. The molecule has 136 valence electrons. The van der Waals surface area contributed by atoms with Crippen molar-refractivity contribution >= 4 is 11.8 Å². The number of nitrogens with one attached hydrogen (secondary N) is 1. The van der Waals surface area contributed by atoms with Crippen molar-refractivity contribution in [3.8, 4) is 0 Å². The molecule has 26 heavy (non-hydrogen) atoms. The van der Waals surface area contributed by atoms with E-state index in [1.165, 1.54) is 0 Å². The lowest BCUT2D eigenvalue weighted by Crippen LogP contribution is -2.34. The van der Waals surface area contributed by atoms with Crippen LogP contribution in [-0.4, -0.2) is 49.6 Å². The topological polar surface area (TPSA) is 58.6 Å². The van der Waals surface area contributed by atoms with Gasteiger partial charge in [-0.2, -0.15) is 0 Å². The number of likely N-dealkylation sites (N-methyl/N-ethyl adjacent to an activating group) is 1. The van der Waals surface area contributed by atoms with E-state index in [-0.39, 0.29) is 23.8 Å². The number of nitrogens with zero attached hydrogens (tertiary/aromatic N) is 1. The summed E-state index contributed by atoms with van der Waals surface area (Å²) in [5.41, 5.74) is 1.34. The number of hydrogen-bond donors (Lipinski definition) is 1. The maximum absolute atomic E-state index is 12.4. The summed E-state index contributed by atoms with van der Waals surface area (Å²) in [6.45, 7) is 1.74. The van der Waals surface area contributed by atoms with Gasteiger partial charge in [0.15, 0.2) is 0 Å². The zero-order valence-electron chi connectivity index (χ0n) is 14.9. The molecule has 0 bridgehead atoms. The Kier molecular flexibility index (Phi) is 6.02. The Balaban J connectivity index is 1.44. The molecule has 1 aliphatic rings. The number of carbonyl (C=O) groups is 2. The van der Waals surface area contributed by atoms with E-state index in [9.17, 15) is 9.59 Å². The van der Waals surface area contributed by atoms with E-state index < -0.39 is 0 Å². The first-order valence-electron chi connectivity index (χ1n) is 8.89. The fourth-order valence-corrected chi connectivity index (χ4v) is 3.17. The van der Waals surface area contributed by atoms with Gasteiger partial charge in [0, 0.05) is 37.2 Å². The van der Waals surface area contributed by atoms with E-state index >= 15 is 0 Å². The molecule has 3 rings (SSSR count). The van der Waals surface area contributed by atoms with Gasteiger partial charge in [-0.15, -0.1) is 0 Å². The number of ether oxygens (including phenoxy) is 1. The average Bonchev–Trinajstić information content (AvgIpc) is 3.14. The van der Waals surface area contributed by atoms with Gasteiger partial charge in [-0.25, -0.2) is 0 Å². The van der Waals surface area contributed by atoms with Gasteiger partial charge in [-0.05, 0) is 30.7 Å². The van der Waals surface area contributed by atoms with Crippen molar-refractivity contribution in [3.05, 3.63) is 71.8 Å². The van der Waals surface area contributed by atoms with Gasteiger partial charge in [0.1, 0.15) is 0 Å². The Morgan fingerprint density at radius 3 is 2.31 bits per heavy atom. The zero-order chi connectivity index (χ0) is 18.4. The lowest BCUT2D eigenvalue weighted by Gasteiger charge is -2.21. The summed E-state index contributed by atoms with van der Waals surface area (Å²) in [6.07, 6.45) is 0.841. The quantitative estimate of drug-likeness (QED) is 0.869. The normalized spacial score (nSPS) is 19.1. The SMILES string of the molecule is CN(CC1CC(CNC(=O)c2ccccc2)CO1)C(=O)c1ccccc1. The average molecular weight is 352 g/mol. The molecule has 2 atom stereocenters. The summed E-state index contributed by atoms with van der Waals surface area (Å²) in [7, 11) is 1.79. The van der Waals surface area contributed by atoms with Crippen molar-refractivity contribution in [3.63, 3.8) is 0 Å². The van der Waals surface area contributed by atoms with Crippen molar-refractivity contribution in [2.24, 2.45) is 5.92 Å². The Morgan fingerprint density at radius 2 is 1.65 bits per heavy atom. The van der Waals surface area contributed by atoms with Crippen LogP contribution >= 0.6 is 0 Å². The standard InChI is InChI=1S/C21H24N2O3/c1-23(21(25)18-10-6-3-7-11-18)14-19-12-16(15-26-19)13-22-20(24)17-8-4-2-5-9-17/h2-11,16,19H,12-15H2,1H3,(H,22,24). The lowest BCUT2D eigenvalue weighted by atomic mass is 10.0. The Labute approximate surface area is 154 Å². The van der Waals surface area contributed by atoms with Crippen LogP contribution in [-0.2, 0) is 4.74 Å². The maximum atomic E-state index is 12.4. The van der Waals surface area contributed by atoms with Gasteiger partial charge in [0.05, 0.1) is 12.7 Å². The third-order valence-corrected chi connectivity index (χ3v) is 4.60. The van der Waals surface area contributed by atoms with Gasteiger partial charge < -0.3 is 15.0 Å². The molecular weight excluding hydrogens is 328 g/mol. The molecule has 5 nitrogen and oxygen atoms in total. The fourth-order valence-electron chi connectivity index (χ4n) is 3.17. The molecule has 1 aliphatic heterocycles. The second-order valence-electron chi connectivity index (χ2n) is 6.68. The zero-order valence-corrected chi connectivity index (χ0v) is 14.9. The smallest absolute Gasteiger partial charge is 0.253 e. The van der Waals surface area contributed by atoms with E-state index in [1.54, 1.807) is 24.1 Å². The van der Waals surface area contributed by atoms with Crippen molar-refractivity contribution in [1.29, 1.82) is 0 Å². The summed E-state index contributed by atoms with van der Waals surface area (Å²) in [4.78, 5) is 26.2. The van der Waals surface area contributed by atoms with E-state index in [0.29, 0.717) is 30.8 Å². The molecule has 2 unspecified atom stereocenters. The largest absolute Gasteiger partial charge is 0.376 e. The first kappa shape index (κ1) is 18.1. The fraction of sp³-hybridized carbons (Fsp3) is 0.333. The first-order chi connectivity index (χ1) is 12.6. The summed E-state index contributed by atoms with van der Waals surface area (Å²) < 4.78 is 5.82. The van der Waals surface area contributed by atoms with E-state index in [1.807, 2.05) is 48.5 Å². The Morgan fingerprint density at radius 1 is 1.04 bits per heavy atom. The third kappa shape index (κ3) is 4.70. The van der Waals surface area contributed by atoms with Crippen LogP contribution < -0.4 is 5.32 Å². The lowest BCUT2D eigenvalue weighted by molar-refractivity contribution is 0.0578. The number of rotatable bonds is 6. The summed E-state index contributed by atoms with van der Waals surface area (Å²) in [6, 6.07) is 18.4. The van der Waals surface area contributed by atoms with Crippen molar-refractivity contribution in [2.75, 3.05) is 26.7 Å². The maximum Gasteiger partial charge on any atom is 0.253 e. The van der Waals surface area contributed by atoms with Gasteiger partial charge in [-0.1, -0.05) is 36.4 Å². The van der Waals surface area contributed by atoms with Crippen LogP contribution in [0.5, 0.6) is 0 Å². The van der Waals surface area contributed by atoms with Crippen molar-refractivity contribution in [1.82, 2.24) is 10.2 Å². The van der Waals surface area contributed by atoms with Crippen molar-refractivity contribution in [2.45, 2.75) is 12.5 Å². The highest BCUT2D eigenvalue weighted by Gasteiger charge is 2.28. The molecule has 2 aromatic rings. The van der Waals surface area contributed by atoms with Crippen LogP contribution in [0.2, 0.25) is 0 Å². The second-order valence-corrected chi connectivity index (χ2v) is 6.68. The number of carbonyl (C=O) groups excluding carboxylic acids is 2. The number of benzene rings is 2. The summed E-state index contributed by atoms with van der Waals surface area (Å²) in [5.74, 6) is 0.202. The third-order valence-electron chi connectivity index (χ3n) is 4.60. The van der Waals surface area contributed by atoms with Crippen LogP contribution in [0, 0.1) is 5.92 Å². The second kappa shape index (κ2) is 8.63. The van der Waals surface area contributed by atoms with E-state index in [4.69, 9.17) is 4.74 Å². The molecular formula is C21H24N2O3. The van der Waals surface area contributed by atoms with Crippen LogP contribution in [0.4, 0.5) is 0 Å². The minimum atomic E-state index is -0.0644. The molecule has 1 heterocycles. The van der Waals surface area contributed by atoms with E-state index in [2.05, 4.69) is 5.32 Å². The summed E-state index contributed by atoms with van der Waals surface area (Å²) in [5, 5.41) is 2.96. The predicted octanol–water partition coefficient (Wildman–Crippen LogP) is 2.59. The predicted molar refractivity (Wildman–Crippen MR) is 100 cm³/mol. The molecule has 0 aromatic heterocycles. The van der Waals surface area contributed by atoms with Gasteiger partial charge in [-0.3, -0.25) is 9.59 Å². The molecule has 1 N–H and O–H groups in total. The van der Waals surface area contributed by atoms with Crippen LogP contribution in [0.25, 0.3) is 0 Å². The molecule has 0 saturated carbocycles. The molecule has 1 saturated heterocycles. The molecule has 0 spiro atoms. The molecule has 2 aromatic carbocycles. The highest BCUT2D eigenvalue weighted by Crippen LogP contribution is 2.20. The highest BCUT2D eigenvalue weighted by atomic mass is 16.5. The summed E-state index contributed by atoms with van der Waals surface area (Å²) >= 11 is 0. The molecule has 1 fully saturated rings. The van der Waals surface area contributed by atoms with E-state index in [0.717, 1.165) is 6.42 Å². The Bertz CT molecular complexity index is 733. The van der Waals surface area contributed by atoms with Crippen LogP contribution in [0.1, 0.15) is 27.1 Å². The minimum Gasteiger partial charge on any atom is -0.376 e. The van der Waals surface area contributed by atoms with Gasteiger partial charge in [0.25, 0.3) is 11.8 Å². The molecule has 5 heteroatoms.